The molecule has 0 unspecified atom stereocenters. The first-order valence-corrected chi connectivity index (χ1v) is 7.07. The summed E-state index contributed by atoms with van der Waals surface area (Å²) in [7, 11) is 0. The van der Waals surface area contributed by atoms with Gasteiger partial charge in [-0.15, -0.1) is 0 Å². The van der Waals surface area contributed by atoms with Crippen molar-refractivity contribution in [1.29, 1.82) is 0 Å². The zero-order valence-electron chi connectivity index (χ0n) is 11.5. The van der Waals surface area contributed by atoms with E-state index in [1.807, 2.05) is 12.4 Å². The van der Waals surface area contributed by atoms with E-state index in [0.29, 0.717) is 0 Å². The van der Waals surface area contributed by atoms with Crippen LogP contribution in [0.4, 0.5) is 0 Å². The molecule has 100 valence electrons. The van der Waals surface area contributed by atoms with Gasteiger partial charge in [0, 0.05) is 43.5 Å². The smallest absolute Gasteiger partial charge is 0.129 e. The Morgan fingerprint density at radius 2 is 1.89 bits per heavy atom. The number of aromatic nitrogens is 2. The largest absolute Gasteiger partial charge is 0.310 e. The first kappa shape index (κ1) is 13.4. The van der Waals surface area contributed by atoms with Crippen molar-refractivity contribution in [2.45, 2.75) is 45.7 Å². The van der Waals surface area contributed by atoms with Crippen molar-refractivity contribution in [2.24, 2.45) is 0 Å². The van der Waals surface area contributed by atoms with Crippen molar-refractivity contribution in [3.63, 3.8) is 0 Å². The molecule has 1 saturated carbocycles. The van der Waals surface area contributed by atoms with Crippen LogP contribution in [0, 0.1) is 0 Å². The van der Waals surface area contributed by atoms with E-state index in [1.165, 1.54) is 18.4 Å². The van der Waals surface area contributed by atoms with Crippen molar-refractivity contribution in [1.82, 2.24) is 20.2 Å². The number of rotatable bonds is 8. The first-order valence-electron chi connectivity index (χ1n) is 7.07. The summed E-state index contributed by atoms with van der Waals surface area (Å²) in [4.78, 5) is 11.3. The van der Waals surface area contributed by atoms with E-state index in [0.717, 1.165) is 44.5 Å². The van der Waals surface area contributed by atoms with Crippen LogP contribution in [0.5, 0.6) is 0 Å². The van der Waals surface area contributed by atoms with Crippen LogP contribution in [0.1, 0.15) is 38.1 Å². The fourth-order valence-electron chi connectivity index (χ4n) is 1.95. The Hall–Kier alpha value is -1.00. The number of nitrogens with zero attached hydrogens (tertiary/aromatic N) is 3. The summed E-state index contributed by atoms with van der Waals surface area (Å²) in [5.74, 6) is 0.956. The highest BCUT2D eigenvalue weighted by molar-refractivity contribution is 5.06. The van der Waals surface area contributed by atoms with E-state index in [-0.39, 0.29) is 0 Å². The van der Waals surface area contributed by atoms with Gasteiger partial charge in [-0.2, -0.15) is 0 Å². The maximum absolute atomic E-state index is 4.44. The van der Waals surface area contributed by atoms with Crippen LogP contribution >= 0.6 is 0 Å². The minimum absolute atomic E-state index is 0.743. The third-order valence-electron chi connectivity index (χ3n) is 3.48. The summed E-state index contributed by atoms with van der Waals surface area (Å²) in [6.45, 7) is 8.53. The van der Waals surface area contributed by atoms with E-state index in [4.69, 9.17) is 0 Å². The quantitative estimate of drug-likeness (QED) is 0.759. The van der Waals surface area contributed by atoms with Crippen LogP contribution in [0.2, 0.25) is 0 Å². The molecule has 0 spiro atoms. The lowest BCUT2D eigenvalue weighted by Gasteiger charge is -2.16. The molecule has 4 nitrogen and oxygen atoms in total. The average Bonchev–Trinajstić information content (AvgIpc) is 3.23. The third-order valence-corrected chi connectivity index (χ3v) is 3.48. The molecule has 18 heavy (non-hydrogen) atoms. The van der Waals surface area contributed by atoms with E-state index >= 15 is 0 Å². The molecule has 0 bridgehead atoms. The lowest BCUT2D eigenvalue weighted by molar-refractivity contribution is 0.305. The Kier molecular flexibility index (Phi) is 5.08. The minimum atomic E-state index is 0.743. The highest BCUT2D eigenvalue weighted by atomic mass is 15.1. The zero-order valence-corrected chi connectivity index (χ0v) is 11.5. The predicted molar refractivity (Wildman–Crippen MR) is 73.4 cm³/mol. The molecule has 1 aromatic rings. The molecular formula is C14H24N4. The lowest BCUT2D eigenvalue weighted by atomic mass is 10.3. The van der Waals surface area contributed by atoms with Crippen LogP contribution in [0.15, 0.2) is 12.4 Å². The molecule has 0 aliphatic heterocycles. The molecule has 0 saturated heterocycles. The van der Waals surface area contributed by atoms with Gasteiger partial charge in [-0.25, -0.2) is 9.97 Å². The Balaban J connectivity index is 1.75. The van der Waals surface area contributed by atoms with Crippen molar-refractivity contribution < 1.29 is 0 Å². The van der Waals surface area contributed by atoms with Gasteiger partial charge >= 0.3 is 0 Å². The fourth-order valence-corrected chi connectivity index (χ4v) is 1.95. The summed E-state index contributed by atoms with van der Waals surface area (Å²) in [5.41, 5.74) is 1.19. The van der Waals surface area contributed by atoms with Crippen molar-refractivity contribution in [3.8, 4) is 0 Å². The number of hydrogen-bond donors (Lipinski definition) is 1. The zero-order chi connectivity index (χ0) is 12.8. The average molecular weight is 248 g/mol. The molecule has 4 heteroatoms. The van der Waals surface area contributed by atoms with Crippen molar-refractivity contribution >= 4 is 0 Å². The maximum Gasteiger partial charge on any atom is 0.129 e. The third kappa shape index (κ3) is 4.35. The Bertz CT molecular complexity index is 341. The lowest BCUT2D eigenvalue weighted by Crippen LogP contribution is -2.25. The Labute approximate surface area is 110 Å². The van der Waals surface area contributed by atoms with Crippen LogP contribution in [0.3, 0.4) is 0 Å². The van der Waals surface area contributed by atoms with Gasteiger partial charge in [-0.05, 0) is 25.9 Å². The molecule has 0 aromatic carbocycles. The van der Waals surface area contributed by atoms with Gasteiger partial charge in [-0.3, -0.25) is 0 Å². The molecule has 0 amide bonds. The summed E-state index contributed by atoms with van der Waals surface area (Å²) < 4.78 is 0. The van der Waals surface area contributed by atoms with Crippen LogP contribution in [-0.2, 0) is 13.0 Å². The first-order chi connectivity index (χ1) is 8.81. The Morgan fingerprint density at radius 3 is 2.44 bits per heavy atom. The van der Waals surface area contributed by atoms with Crippen LogP contribution in [0.25, 0.3) is 0 Å². The van der Waals surface area contributed by atoms with Crippen LogP contribution < -0.4 is 5.32 Å². The summed E-state index contributed by atoms with van der Waals surface area (Å²) in [6, 6.07) is 0.743. The van der Waals surface area contributed by atoms with Gasteiger partial charge < -0.3 is 10.2 Å². The van der Waals surface area contributed by atoms with Gasteiger partial charge in [0.15, 0.2) is 0 Å². The normalized spacial score (nSPS) is 15.3. The van der Waals surface area contributed by atoms with Gasteiger partial charge in [0.1, 0.15) is 5.82 Å². The van der Waals surface area contributed by atoms with Crippen LogP contribution in [-0.4, -0.2) is 40.5 Å². The van der Waals surface area contributed by atoms with Crippen molar-refractivity contribution in [2.75, 3.05) is 19.6 Å². The van der Waals surface area contributed by atoms with Gasteiger partial charge in [0.05, 0.1) is 0 Å². The molecule has 1 aromatic heterocycles. The molecule has 1 N–H and O–H groups in total. The molecular weight excluding hydrogens is 224 g/mol. The second-order valence-electron chi connectivity index (χ2n) is 4.94. The molecule has 2 rings (SSSR count). The van der Waals surface area contributed by atoms with Gasteiger partial charge in [-0.1, -0.05) is 13.8 Å². The summed E-state index contributed by atoms with van der Waals surface area (Å²) >= 11 is 0. The fraction of sp³-hybridized carbons (Fsp3) is 0.714. The van der Waals surface area contributed by atoms with E-state index < -0.39 is 0 Å². The second-order valence-corrected chi connectivity index (χ2v) is 4.94. The Morgan fingerprint density at radius 1 is 1.22 bits per heavy atom. The van der Waals surface area contributed by atoms with E-state index in [1.54, 1.807) is 0 Å². The summed E-state index contributed by atoms with van der Waals surface area (Å²) in [5, 5.41) is 3.47. The highest BCUT2D eigenvalue weighted by Gasteiger charge is 2.19. The molecule has 1 heterocycles. The van der Waals surface area contributed by atoms with Gasteiger partial charge in [0.2, 0.25) is 0 Å². The number of likely N-dealkylation sites (N-methyl/N-ethyl adjacent to an activating group) is 1. The topological polar surface area (TPSA) is 41.1 Å². The maximum atomic E-state index is 4.44. The molecule has 0 atom stereocenters. The van der Waals surface area contributed by atoms with Crippen molar-refractivity contribution in [3.05, 3.63) is 23.8 Å². The highest BCUT2D eigenvalue weighted by Crippen LogP contribution is 2.18. The SMILES string of the molecule is CCN(CC)CCc1ncc(CNC2CC2)cn1. The van der Waals surface area contributed by atoms with Gasteiger partial charge in [0.25, 0.3) is 0 Å². The number of hydrogen-bond acceptors (Lipinski definition) is 4. The minimum Gasteiger partial charge on any atom is -0.310 e. The van der Waals surface area contributed by atoms with E-state index in [9.17, 15) is 0 Å². The molecule has 1 aliphatic carbocycles. The van der Waals surface area contributed by atoms with E-state index in [2.05, 4.69) is 34.0 Å². The molecule has 0 radical (unpaired) electrons. The second kappa shape index (κ2) is 6.81. The standard InChI is InChI=1S/C14H24N4/c1-3-18(4-2)8-7-14-16-10-12(11-17-14)9-15-13-5-6-13/h10-11,13,15H,3-9H2,1-2H3. The number of nitrogens with one attached hydrogen (secondary N) is 1. The molecule has 1 fully saturated rings. The summed E-state index contributed by atoms with van der Waals surface area (Å²) in [6.07, 6.45) is 7.50. The predicted octanol–water partition coefficient (Wildman–Crippen LogP) is 1.61. The molecule has 1 aliphatic rings. The monoisotopic (exact) mass is 248 g/mol.